The average Bonchev–Trinajstić information content (AvgIpc) is 2.91. The zero-order valence-corrected chi connectivity index (χ0v) is 12.5. The minimum Gasteiger partial charge on any atom is -0.440 e. The van der Waals surface area contributed by atoms with E-state index < -0.39 is 0 Å². The van der Waals surface area contributed by atoms with Gasteiger partial charge in [-0.25, -0.2) is 4.98 Å². The van der Waals surface area contributed by atoms with Gasteiger partial charge in [0, 0.05) is 30.1 Å². The van der Waals surface area contributed by atoms with E-state index in [9.17, 15) is 4.79 Å². The lowest BCUT2D eigenvalue weighted by Gasteiger charge is -2.04. The summed E-state index contributed by atoms with van der Waals surface area (Å²) in [5, 5.41) is 2.87. The number of oxazole rings is 1. The van der Waals surface area contributed by atoms with Crippen molar-refractivity contribution < 1.29 is 9.21 Å². The molecule has 112 valence electrons. The first-order valence-corrected chi connectivity index (χ1v) is 7.21. The molecule has 2 aromatic heterocycles. The summed E-state index contributed by atoms with van der Waals surface area (Å²) in [5.74, 6) is 0.863. The van der Waals surface area contributed by atoms with Crippen LogP contribution in [0.25, 0.3) is 11.1 Å². The molecule has 5 heteroatoms. The van der Waals surface area contributed by atoms with E-state index in [1.807, 2.05) is 38.1 Å². The molecule has 0 saturated carbocycles. The lowest BCUT2D eigenvalue weighted by atomic mass is 10.2. The van der Waals surface area contributed by atoms with Crippen molar-refractivity contribution in [2.24, 2.45) is 0 Å². The number of nitrogens with one attached hydrogen (secondary N) is 1. The molecule has 0 bridgehead atoms. The van der Waals surface area contributed by atoms with Gasteiger partial charge in [0.1, 0.15) is 5.52 Å². The van der Waals surface area contributed by atoms with Crippen molar-refractivity contribution in [1.82, 2.24) is 9.97 Å². The summed E-state index contributed by atoms with van der Waals surface area (Å²) in [6.45, 7) is 4.06. The summed E-state index contributed by atoms with van der Waals surface area (Å²) in [5.41, 5.74) is 3.12. The van der Waals surface area contributed by atoms with E-state index in [0.29, 0.717) is 23.6 Å². The van der Waals surface area contributed by atoms with E-state index in [1.165, 1.54) is 0 Å². The summed E-state index contributed by atoms with van der Waals surface area (Å²) in [6, 6.07) is 9.15. The Hall–Kier alpha value is -2.69. The summed E-state index contributed by atoms with van der Waals surface area (Å²) < 4.78 is 5.70. The Morgan fingerprint density at radius 1 is 1.23 bits per heavy atom. The first kappa shape index (κ1) is 14.3. The minimum atomic E-state index is -0.0749. The van der Waals surface area contributed by atoms with Gasteiger partial charge in [0.25, 0.3) is 0 Å². The second kappa shape index (κ2) is 5.97. The van der Waals surface area contributed by atoms with Crippen LogP contribution in [0.3, 0.4) is 0 Å². The third kappa shape index (κ3) is 3.14. The Morgan fingerprint density at radius 3 is 2.73 bits per heavy atom. The fourth-order valence-corrected chi connectivity index (χ4v) is 2.16. The van der Waals surface area contributed by atoms with Gasteiger partial charge in [-0.3, -0.25) is 9.78 Å². The number of fused-ring (bicyclic) bond motifs is 1. The molecule has 5 nitrogen and oxygen atoms in total. The molecule has 0 spiro atoms. The van der Waals surface area contributed by atoms with Gasteiger partial charge in [-0.1, -0.05) is 13.8 Å². The van der Waals surface area contributed by atoms with E-state index in [-0.39, 0.29) is 11.8 Å². The number of carbonyl (C=O) groups excluding carboxylic acids is 1. The molecule has 0 unspecified atom stereocenters. The fraction of sp³-hybridized carbons (Fsp3) is 0.235. The minimum absolute atomic E-state index is 0.0749. The molecule has 0 aliphatic heterocycles. The summed E-state index contributed by atoms with van der Waals surface area (Å²) in [6.07, 6.45) is 3.67. The maximum atomic E-state index is 12.1. The van der Waals surface area contributed by atoms with Crippen LogP contribution < -0.4 is 5.32 Å². The van der Waals surface area contributed by atoms with E-state index in [0.717, 1.165) is 11.1 Å². The van der Waals surface area contributed by atoms with Crippen molar-refractivity contribution >= 4 is 22.7 Å². The van der Waals surface area contributed by atoms with Gasteiger partial charge in [0.05, 0.1) is 6.42 Å². The number of rotatable bonds is 4. The predicted molar refractivity (Wildman–Crippen MR) is 84.7 cm³/mol. The van der Waals surface area contributed by atoms with E-state index in [4.69, 9.17) is 4.42 Å². The van der Waals surface area contributed by atoms with Gasteiger partial charge in [-0.05, 0) is 29.8 Å². The fourth-order valence-electron chi connectivity index (χ4n) is 2.16. The molecule has 0 saturated heterocycles. The number of hydrogen-bond acceptors (Lipinski definition) is 4. The SMILES string of the molecule is CC(C)c1nc2ccc(NC(=O)Cc3ccncc3)cc2o1. The second-order valence-corrected chi connectivity index (χ2v) is 5.47. The lowest BCUT2D eigenvalue weighted by Crippen LogP contribution is -2.14. The van der Waals surface area contributed by atoms with Crippen molar-refractivity contribution in [2.45, 2.75) is 26.2 Å². The van der Waals surface area contributed by atoms with Gasteiger partial charge in [0.2, 0.25) is 5.91 Å². The van der Waals surface area contributed by atoms with Crippen LogP contribution in [0.2, 0.25) is 0 Å². The molecule has 0 fully saturated rings. The smallest absolute Gasteiger partial charge is 0.228 e. The van der Waals surface area contributed by atoms with Crippen LogP contribution >= 0.6 is 0 Å². The normalized spacial score (nSPS) is 11.0. The Kier molecular flexibility index (Phi) is 3.87. The number of benzene rings is 1. The van der Waals surface area contributed by atoms with Gasteiger partial charge >= 0.3 is 0 Å². The van der Waals surface area contributed by atoms with Crippen LogP contribution in [-0.2, 0) is 11.2 Å². The third-order valence-electron chi connectivity index (χ3n) is 3.30. The number of nitrogens with zero attached hydrogens (tertiary/aromatic N) is 2. The van der Waals surface area contributed by atoms with Crippen molar-refractivity contribution in [2.75, 3.05) is 5.32 Å². The third-order valence-corrected chi connectivity index (χ3v) is 3.30. The molecule has 22 heavy (non-hydrogen) atoms. The van der Waals surface area contributed by atoms with Crippen molar-refractivity contribution in [3.8, 4) is 0 Å². The predicted octanol–water partition coefficient (Wildman–Crippen LogP) is 3.53. The quantitative estimate of drug-likeness (QED) is 0.799. The van der Waals surface area contributed by atoms with Crippen LogP contribution in [0.1, 0.15) is 31.2 Å². The number of carbonyl (C=O) groups is 1. The number of amides is 1. The molecule has 1 aromatic carbocycles. The highest BCUT2D eigenvalue weighted by Gasteiger charge is 2.10. The van der Waals surface area contributed by atoms with Gasteiger partial charge in [-0.2, -0.15) is 0 Å². The van der Waals surface area contributed by atoms with Crippen LogP contribution in [-0.4, -0.2) is 15.9 Å². The molecule has 1 amide bonds. The summed E-state index contributed by atoms with van der Waals surface area (Å²) in [7, 11) is 0. The monoisotopic (exact) mass is 295 g/mol. The van der Waals surface area contributed by atoms with Crippen molar-refractivity contribution in [3.63, 3.8) is 0 Å². The maximum absolute atomic E-state index is 12.1. The highest BCUT2D eigenvalue weighted by atomic mass is 16.3. The zero-order chi connectivity index (χ0) is 15.5. The van der Waals surface area contributed by atoms with Gasteiger partial charge < -0.3 is 9.73 Å². The standard InChI is InChI=1S/C17H17N3O2/c1-11(2)17-20-14-4-3-13(10-15(14)22-17)19-16(21)9-12-5-7-18-8-6-12/h3-8,10-11H,9H2,1-2H3,(H,19,21). The number of anilines is 1. The zero-order valence-electron chi connectivity index (χ0n) is 12.5. The second-order valence-electron chi connectivity index (χ2n) is 5.47. The largest absolute Gasteiger partial charge is 0.440 e. The maximum Gasteiger partial charge on any atom is 0.228 e. The number of hydrogen-bond donors (Lipinski definition) is 1. The van der Waals surface area contributed by atoms with E-state index in [2.05, 4.69) is 15.3 Å². The van der Waals surface area contributed by atoms with Crippen LogP contribution in [0.15, 0.2) is 47.1 Å². The molecule has 0 aliphatic carbocycles. The topological polar surface area (TPSA) is 68.0 Å². The molecular formula is C17H17N3O2. The van der Waals surface area contributed by atoms with Crippen LogP contribution in [0.4, 0.5) is 5.69 Å². The Morgan fingerprint density at radius 2 is 2.00 bits per heavy atom. The Labute approximate surface area is 128 Å². The van der Waals surface area contributed by atoms with E-state index in [1.54, 1.807) is 18.5 Å². The lowest BCUT2D eigenvalue weighted by molar-refractivity contribution is -0.115. The molecule has 1 N–H and O–H groups in total. The Balaban J connectivity index is 1.74. The Bertz CT molecular complexity index is 794. The molecular weight excluding hydrogens is 278 g/mol. The molecule has 0 radical (unpaired) electrons. The van der Waals surface area contributed by atoms with Crippen LogP contribution in [0, 0.1) is 0 Å². The molecule has 3 aromatic rings. The van der Waals surface area contributed by atoms with Crippen molar-refractivity contribution in [3.05, 3.63) is 54.2 Å². The average molecular weight is 295 g/mol. The summed E-state index contributed by atoms with van der Waals surface area (Å²) in [4.78, 5) is 20.4. The van der Waals surface area contributed by atoms with Crippen molar-refractivity contribution in [1.29, 1.82) is 0 Å². The summed E-state index contributed by atoms with van der Waals surface area (Å²) >= 11 is 0. The number of pyridine rings is 1. The first-order chi connectivity index (χ1) is 10.6. The van der Waals surface area contributed by atoms with Gasteiger partial charge in [0.15, 0.2) is 11.5 Å². The highest BCUT2D eigenvalue weighted by molar-refractivity contribution is 5.94. The molecule has 3 rings (SSSR count). The van der Waals surface area contributed by atoms with Gasteiger partial charge in [-0.15, -0.1) is 0 Å². The number of aromatic nitrogens is 2. The molecule has 0 atom stereocenters. The van der Waals surface area contributed by atoms with Crippen LogP contribution in [0.5, 0.6) is 0 Å². The highest BCUT2D eigenvalue weighted by Crippen LogP contribution is 2.23. The molecule has 2 heterocycles. The molecule has 0 aliphatic rings. The van der Waals surface area contributed by atoms with E-state index >= 15 is 0 Å². The first-order valence-electron chi connectivity index (χ1n) is 7.21.